The second-order valence-corrected chi connectivity index (χ2v) is 7.00. The zero-order valence-electron chi connectivity index (χ0n) is 16.6. The first kappa shape index (κ1) is 19.0. The summed E-state index contributed by atoms with van der Waals surface area (Å²) in [6.45, 7) is 2.50. The van der Waals surface area contributed by atoms with E-state index in [1.807, 2.05) is 49.4 Å². The number of rotatable bonds is 5. The van der Waals surface area contributed by atoms with Crippen molar-refractivity contribution in [2.45, 2.75) is 26.2 Å². The van der Waals surface area contributed by atoms with E-state index in [4.69, 9.17) is 14.5 Å². The SMILES string of the molecule is CCOc1ccc(/C=C2/CCCc3c2nc2ccccc2c3C(=O)O)cc1OC. The molecule has 0 saturated heterocycles. The van der Waals surface area contributed by atoms with Gasteiger partial charge in [-0.15, -0.1) is 0 Å². The molecule has 1 N–H and O–H groups in total. The molecule has 148 valence electrons. The van der Waals surface area contributed by atoms with Gasteiger partial charge < -0.3 is 14.6 Å². The van der Waals surface area contributed by atoms with Crippen molar-refractivity contribution < 1.29 is 19.4 Å². The predicted octanol–water partition coefficient (Wildman–Crippen LogP) is 5.22. The number of aromatic carboxylic acids is 1. The number of aromatic nitrogens is 1. The molecule has 29 heavy (non-hydrogen) atoms. The monoisotopic (exact) mass is 389 g/mol. The number of methoxy groups -OCH3 is 1. The highest BCUT2D eigenvalue weighted by molar-refractivity contribution is 6.05. The fourth-order valence-corrected chi connectivity index (χ4v) is 3.97. The van der Waals surface area contributed by atoms with E-state index in [0.717, 1.165) is 41.7 Å². The summed E-state index contributed by atoms with van der Waals surface area (Å²) >= 11 is 0. The summed E-state index contributed by atoms with van der Waals surface area (Å²) in [7, 11) is 1.62. The highest BCUT2D eigenvalue weighted by atomic mass is 16.5. The number of carbonyl (C=O) groups is 1. The van der Waals surface area contributed by atoms with Gasteiger partial charge in [0.25, 0.3) is 0 Å². The average molecular weight is 389 g/mol. The standard InChI is InChI=1S/C24H23NO4/c1-3-29-20-12-11-15(14-21(20)28-2)13-16-7-6-9-18-22(24(26)27)17-8-4-5-10-19(17)25-23(16)18/h4-5,8,10-14H,3,6-7,9H2,1-2H3,(H,26,27)/b16-13-. The lowest BCUT2D eigenvalue weighted by molar-refractivity contribution is 0.0697. The molecular weight excluding hydrogens is 366 g/mol. The molecule has 1 aliphatic carbocycles. The minimum atomic E-state index is -0.899. The molecular formula is C24H23NO4. The van der Waals surface area contributed by atoms with Crippen molar-refractivity contribution in [3.8, 4) is 11.5 Å². The Labute approximate surface area is 169 Å². The van der Waals surface area contributed by atoms with Crippen LogP contribution in [0.5, 0.6) is 11.5 Å². The minimum Gasteiger partial charge on any atom is -0.493 e. The number of benzene rings is 2. The van der Waals surface area contributed by atoms with Crippen molar-refractivity contribution in [3.05, 3.63) is 64.8 Å². The molecule has 0 bridgehead atoms. The molecule has 1 aliphatic rings. The Bertz CT molecular complexity index is 1120. The lowest BCUT2D eigenvalue weighted by Gasteiger charge is -2.21. The van der Waals surface area contributed by atoms with Crippen molar-refractivity contribution in [1.29, 1.82) is 0 Å². The lowest BCUT2D eigenvalue weighted by Crippen LogP contribution is -2.13. The normalized spacial score (nSPS) is 14.6. The molecule has 0 unspecified atom stereocenters. The quantitative estimate of drug-likeness (QED) is 0.648. The Kier molecular flexibility index (Phi) is 5.21. The Morgan fingerprint density at radius 2 is 2.00 bits per heavy atom. The number of carboxylic acid groups (broad SMARTS) is 1. The number of pyridine rings is 1. The second-order valence-electron chi connectivity index (χ2n) is 7.00. The second kappa shape index (κ2) is 7.95. The van der Waals surface area contributed by atoms with E-state index < -0.39 is 5.97 Å². The largest absolute Gasteiger partial charge is 0.493 e. The van der Waals surface area contributed by atoms with E-state index in [2.05, 4.69) is 6.08 Å². The molecule has 1 heterocycles. The van der Waals surface area contributed by atoms with E-state index in [1.54, 1.807) is 7.11 Å². The molecule has 0 radical (unpaired) electrons. The minimum absolute atomic E-state index is 0.375. The summed E-state index contributed by atoms with van der Waals surface area (Å²) in [6, 6.07) is 13.3. The van der Waals surface area contributed by atoms with E-state index in [0.29, 0.717) is 34.6 Å². The van der Waals surface area contributed by atoms with Crippen molar-refractivity contribution in [1.82, 2.24) is 4.98 Å². The van der Waals surface area contributed by atoms with Crippen LogP contribution in [0.15, 0.2) is 42.5 Å². The maximum absolute atomic E-state index is 12.1. The molecule has 0 amide bonds. The van der Waals surface area contributed by atoms with E-state index in [9.17, 15) is 9.90 Å². The molecule has 0 atom stereocenters. The van der Waals surface area contributed by atoms with Gasteiger partial charge in [0.05, 0.1) is 30.5 Å². The van der Waals surface area contributed by atoms with Crippen molar-refractivity contribution in [2.24, 2.45) is 0 Å². The third-order valence-electron chi connectivity index (χ3n) is 5.21. The predicted molar refractivity (Wildman–Crippen MR) is 114 cm³/mol. The molecule has 5 heteroatoms. The van der Waals surface area contributed by atoms with Gasteiger partial charge in [-0.05, 0) is 67.2 Å². The van der Waals surface area contributed by atoms with Crippen molar-refractivity contribution in [2.75, 3.05) is 13.7 Å². The summed E-state index contributed by atoms with van der Waals surface area (Å²) < 4.78 is 11.1. The summed E-state index contributed by atoms with van der Waals surface area (Å²) in [5.74, 6) is 0.484. The number of carboxylic acids is 1. The maximum Gasteiger partial charge on any atom is 0.336 e. The van der Waals surface area contributed by atoms with Crippen LogP contribution in [-0.2, 0) is 6.42 Å². The van der Waals surface area contributed by atoms with Gasteiger partial charge in [0.1, 0.15) is 0 Å². The number of fused-ring (bicyclic) bond motifs is 2. The third kappa shape index (κ3) is 3.56. The number of allylic oxidation sites excluding steroid dienone is 1. The van der Waals surface area contributed by atoms with Crippen molar-refractivity contribution in [3.63, 3.8) is 0 Å². The Balaban J connectivity index is 1.86. The Hall–Kier alpha value is -3.34. The molecule has 0 aliphatic heterocycles. The summed E-state index contributed by atoms with van der Waals surface area (Å²) in [4.78, 5) is 16.9. The van der Waals surface area contributed by atoms with Crippen LogP contribution in [0.1, 0.15) is 46.9 Å². The number of hydrogen-bond acceptors (Lipinski definition) is 4. The number of nitrogens with zero attached hydrogens (tertiary/aromatic N) is 1. The average Bonchev–Trinajstić information content (AvgIpc) is 2.73. The fourth-order valence-electron chi connectivity index (χ4n) is 3.97. The molecule has 0 fully saturated rings. The number of hydrogen-bond donors (Lipinski definition) is 1. The van der Waals surface area contributed by atoms with Gasteiger partial charge in [-0.25, -0.2) is 9.78 Å². The molecule has 3 aromatic rings. The molecule has 0 spiro atoms. The van der Waals surface area contributed by atoms with Gasteiger partial charge in [0.15, 0.2) is 11.5 Å². The van der Waals surface area contributed by atoms with Crippen LogP contribution in [0, 0.1) is 0 Å². The van der Waals surface area contributed by atoms with Gasteiger partial charge in [0.2, 0.25) is 0 Å². The highest BCUT2D eigenvalue weighted by Gasteiger charge is 2.24. The molecule has 1 aromatic heterocycles. The Morgan fingerprint density at radius 3 is 2.76 bits per heavy atom. The number of para-hydroxylation sites is 1. The molecule has 2 aromatic carbocycles. The Morgan fingerprint density at radius 1 is 1.17 bits per heavy atom. The molecule has 0 saturated carbocycles. The van der Waals surface area contributed by atoms with Crippen LogP contribution in [0.4, 0.5) is 0 Å². The summed E-state index contributed by atoms with van der Waals surface area (Å²) in [5.41, 5.74) is 4.72. The highest BCUT2D eigenvalue weighted by Crippen LogP contribution is 2.37. The first-order valence-electron chi connectivity index (χ1n) is 9.79. The lowest BCUT2D eigenvalue weighted by atomic mass is 9.86. The van der Waals surface area contributed by atoms with Crippen LogP contribution in [0.25, 0.3) is 22.6 Å². The fraction of sp³-hybridized carbons (Fsp3) is 0.250. The zero-order valence-corrected chi connectivity index (χ0v) is 16.6. The van der Waals surface area contributed by atoms with E-state index >= 15 is 0 Å². The summed E-state index contributed by atoms with van der Waals surface area (Å²) in [5, 5.41) is 10.6. The third-order valence-corrected chi connectivity index (χ3v) is 5.21. The number of ether oxygens (including phenoxy) is 2. The van der Waals surface area contributed by atoms with E-state index in [1.165, 1.54) is 0 Å². The smallest absolute Gasteiger partial charge is 0.336 e. The topological polar surface area (TPSA) is 68.7 Å². The van der Waals surface area contributed by atoms with Crippen LogP contribution in [0.2, 0.25) is 0 Å². The van der Waals surface area contributed by atoms with Crippen LogP contribution in [-0.4, -0.2) is 29.8 Å². The van der Waals surface area contributed by atoms with Gasteiger partial charge in [-0.3, -0.25) is 0 Å². The summed E-state index contributed by atoms with van der Waals surface area (Å²) in [6.07, 6.45) is 4.54. The van der Waals surface area contributed by atoms with Crippen molar-refractivity contribution >= 4 is 28.5 Å². The molecule has 5 nitrogen and oxygen atoms in total. The van der Waals surface area contributed by atoms with Gasteiger partial charge in [-0.2, -0.15) is 0 Å². The van der Waals surface area contributed by atoms with Gasteiger partial charge >= 0.3 is 5.97 Å². The van der Waals surface area contributed by atoms with Gasteiger partial charge in [0, 0.05) is 5.39 Å². The first-order valence-corrected chi connectivity index (χ1v) is 9.79. The van der Waals surface area contributed by atoms with E-state index in [-0.39, 0.29) is 0 Å². The van der Waals surface area contributed by atoms with Crippen LogP contribution >= 0.6 is 0 Å². The van der Waals surface area contributed by atoms with Crippen LogP contribution in [0.3, 0.4) is 0 Å². The van der Waals surface area contributed by atoms with Crippen LogP contribution < -0.4 is 9.47 Å². The first-order chi connectivity index (χ1) is 14.1. The zero-order chi connectivity index (χ0) is 20.4. The molecule has 4 rings (SSSR count). The van der Waals surface area contributed by atoms with Gasteiger partial charge in [-0.1, -0.05) is 24.3 Å². The maximum atomic E-state index is 12.1.